The van der Waals surface area contributed by atoms with Gasteiger partial charge < -0.3 is 0 Å². The fraction of sp³-hybridized carbons (Fsp3) is 0.0833. The maximum atomic E-state index is 13.5. The van der Waals surface area contributed by atoms with E-state index in [1.54, 1.807) is 49.8 Å². The van der Waals surface area contributed by atoms with Crippen LogP contribution in [0.25, 0.3) is 6.08 Å². The Labute approximate surface area is 176 Å². The maximum absolute atomic E-state index is 13.5. The number of hydrogen-bond acceptors (Lipinski definition) is 3. The highest BCUT2D eigenvalue weighted by molar-refractivity contribution is 7.91. The quantitative estimate of drug-likeness (QED) is 0.466. The van der Waals surface area contributed by atoms with Gasteiger partial charge in [-0.15, -0.1) is 0 Å². The zero-order chi connectivity index (χ0) is 21.1. The standard InChI is InChI=1S/C24H17FN2O2S/c1-27-22-9-8-18(5-2-4-17-10-12-26-13-11-17)15-21(22)24(28)23(30(27)29)16-19-6-3-7-20(25)14-19/h3,6-16H,4H2,1H3/b23-16+. The second-order valence-electron chi connectivity index (χ2n) is 6.71. The summed E-state index contributed by atoms with van der Waals surface area (Å²) in [6.45, 7) is 0. The first-order valence-electron chi connectivity index (χ1n) is 9.22. The SMILES string of the molecule is CN1c2ccc(C#CCc3ccncc3)cc2C(=O)/C(=C\c2cccc(F)c2)S1=O. The molecular weight excluding hydrogens is 399 g/mol. The average Bonchev–Trinajstić information content (AvgIpc) is 2.76. The number of allylic oxidation sites excluding steroid dienone is 1. The monoisotopic (exact) mass is 416 g/mol. The van der Waals surface area contributed by atoms with E-state index < -0.39 is 16.8 Å². The Hall–Kier alpha value is -3.56. The largest absolute Gasteiger partial charge is 0.290 e. The molecule has 0 saturated heterocycles. The van der Waals surface area contributed by atoms with Gasteiger partial charge in [-0.1, -0.05) is 24.0 Å². The van der Waals surface area contributed by atoms with Crippen LogP contribution in [-0.2, 0) is 17.4 Å². The van der Waals surface area contributed by atoms with Gasteiger partial charge in [0.2, 0.25) is 5.78 Å². The first-order chi connectivity index (χ1) is 14.5. The summed E-state index contributed by atoms with van der Waals surface area (Å²) in [6, 6.07) is 14.9. The van der Waals surface area contributed by atoms with Gasteiger partial charge in [0.1, 0.15) is 10.7 Å². The Balaban J connectivity index is 1.67. The highest BCUT2D eigenvalue weighted by atomic mass is 32.2. The Kier molecular flexibility index (Phi) is 5.55. The van der Waals surface area contributed by atoms with Crippen LogP contribution in [0.15, 0.2) is 71.9 Å². The third-order valence-electron chi connectivity index (χ3n) is 4.66. The van der Waals surface area contributed by atoms with E-state index in [2.05, 4.69) is 16.8 Å². The highest BCUT2D eigenvalue weighted by Crippen LogP contribution is 2.33. The molecule has 0 radical (unpaired) electrons. The molecular formula is C24H17FN2O2S. The van der Waals surface area contributed by atoms with E-state index in [4.69, 9.17) is 0 Å². The number of benzene rings is 2. The normalized spacial score (nSPS) is 16.7. The number of fused-ring (bicyclic) bond motifs is 1. The van der Waals surface area contributed by atoms with Crippen LogP contribution in [0.4, 0.5) is 10.1 Å². The van der Waals surface area contributed by atoms with E-state index >= 15 is 0 Å². The fourth-order valence-corrected chi connectivity index (χ4v) is 4.27. The number of carbonyl (C=O) groups excluding carboxylic acids is 1. The number of pyridine rings is 1. The number of ketones is 1. The number of rotatable bonds is 2. The highest BCUT2D eigenvalue weighted by Gasteiger charge is 2.31. The molecule has 1 aliphatic rings. The summed E-state index contributed by atoms with van der Waals surface area (Å²) in [5, 5.41) is 0. The molecule has 0 aliphatic carbocycles. The number of nitrogens with zero attached hydrogens (tertiary/aromatic N) is 2. The third kappa shape index (κ3) is 4.07. The van der Waals surface area contributed by atoms with E-state index in [1.165, 1.54) is 22.5 Å². The Bertz CT molecular complexity index is 1240. The molecule has 30 heavy (non-hydrogen) atoms. The molecule has 4 nitrogen and oxygen atoms in total. The predicted molar refractivity (Wildman–Crippen MR) is 117 cm³/mol. The maximum Gasteiger partial charge on any atom is 0.205 e. The zero-order valence-corrected chi connectivity index (χ0v) is 16.9. The summed E-state index contributed by atoms with van der Waals surface area (Å²) < 4.78 is 27.9. The van der Waals surface area contributed by atoms with Crippen LogP contribution < -0.4 is 4.31 Å². The van der Waals surface area contributed by atoms with Gasteiger partial charge in [-0.25, -0.2) is 8.60 Å². The van der Waals surface area contributed by atoms with Gasteiger partial charge in [0.25, 0.3) is 0 Å². The smallest absolute Gasteiger partial charge is 0.205 e. The molecule has 0 spiro atoms. The summed E-state index contributed by atoms with van der Waals surface area (Å²) in [5.74, 6) is 5.41. The lowest BCUT2D eigenvalue weighted by Crippen LogP contribution is -2.31. The van der Waals surface area contributed by atoms with Crippen molar-refractivity contribution in [3.8, 4) is 11.8 Å². The van der Waals surface area contributed by atoms with Crippen LogP contribution in [0.2, 0.25) is 0 Å². The van der Waals surface area contributed by atoms with Gasteiger partial charge in [-0.2, -0.15) is 0 Å². The molecule has 4 rings (SSSR count). The van der Waals surface area contributed by atoms with Crippen molar-refractivity contribution in [3.05, 3.63) is 100.0 Å². The van der Waals surface area contributed by atoms with Crippen molar-refractivity contribution in [1.82, 2.24) is 4.98 Å². The van der Waals surface area contributed by atoms with Crippen molar-refractivity contribution in [2.45, 2.75) is 6.42 Å². The van der Waals surface area contributed by atoms with Crippen LogP contribution in [-0.4, -0.2) is 22.0 Å². The zero-order valence-electron chi connectivity index (χ0n) is 16.1. The average molecular weight is 416 g/mol. The minimum Gasteiger partial charge on any atom is -0.290 e. The van der Waals surface area contributed by atoms with E-state index in [9.17, 15) is 13.4 Å². The molecule has 148 valence electrons. The molecule has 1 atom stereocenters. The predicted octanol–water partition coefficient (Wildman–Crippen LogP) is 4.15. The van der Waals surface area contributed by atoms with Gasteiger partial charge in [0.05, 0.1) is 5.69 Å². The van der Waals surface area contributed by atoms with Crippen LogP contribution >= 0.6 is 0 Å². The summed E-state index contributed by atoms with van der Waals surface area (Å²) in [6.07, 6.45) is 5.49. The first-order valence-corrected chi connectivity index (χ1v) is 10.3. The van der Waals surface area contributed by atoms with Gasteiger partial charge in [0.15, 0.2) is 11.0 Å². The Morgan fingerprint density at radius 1 is 1.13 bits per heavy atom. The van der Waals surface area contributed by atoms with Crippen molar-refractivity contribution in [2.75, 3.05) is 11.4 Å². The summed E-state index contributed by atoms with van der Waals surface area (Å²) in [7, 11) is -0.0154. The molecule has 0 fully saturated rings. The van der Waals surface area contributed by atoms with Crippen molar-refractivity contribution >= 4 is 28.5 Å². The number of carbonyl (C=O) groups is 1. The number of halogens is 1. The summed E-state index contributed by atoms with van der Waals surface area (Å²) in [5.41, 5.74) is 3.24. The molecule has 1 aromatic heterocycles. The van der Waals surface area contributed by atoms with E-state index in [0.29, 0.717) is 28.8 Å². The molecule has 0 saturated carbocycles. The fourth-order valence-electron chi connectivity index (χ4n) is 3.13. The lowest BCUT2D eigenvalue weighted by atomic mass is 10.0. The van der Waals surface area contributed by atoms with Crippen molar-refractivity contribution < 1.29 is 13.4 Å². The molecule has 3 aromatic rings. The third-order valence-corrected chi connectivity index (χ3v) is 6.04. The molecule has 6 heteroatoms. The van der Waals surface area contributed by atoms with Gasteiger partial charge in [-0.05, 0) is 59.7 Å². The van der Waals surface area contributed by atoms with Crippen molar-refractivity contribution in [3.63, 3.8) is 0 Å². The number of anilines is 1. The molecule has 0 N–H and O–H groups in total. The van der Waals surface area contributed by atoms with Crippen molar-refractivity contribution in [2.24, 2.45) is 0 Å². The molecule has 0 bridgehead atoms. The lowest BCUT2D eigenvalue weighted by molar-refractivity contribution is 0.104. The molecule has 1 aliphatic heterocycles. The van der Waals surface area contributed by atoms with Gasteiger partial charge >= 0.3 is 0 Å². The first kappa shape index (κ1) is 19.7. The van der Waals surface area contributed by atoms with E-state index in [1.807, 2.05) is 12.1 Å². The van der Waals surface area contributed by atoms with Gasteiger partial charge in [-0.3, -0.25) is 14.1 Å². The number of Topliss-reactive ketones (excluding diaryl/α,β-unsaturated/α-hetero) is 1. The second kappa shape index (κ2) is 8.44. The van der Waals surface area contributed by atoms with Crippen LogP contribution in [0, 0.1) is 17.7 Å². The second-order valence-corrected chi connectivity index (χ2v) is 8.19. The van der Waals surface area contributed by atoms with Crippen LogP contribution in [0.5, 0.6) is 0 Å². The van der Waals surface area contributed by atoms with E-state index in [-0.39, 0.29) is 10.7 Å². The minimum atomic E-state index is -1.68. The number of hydrogen-bond donors (Lipinski definition) is 0. The van der Waals surface area contributed by atoms with Gasteiger partial charge in [0, 0.05) is 37.0 Å². The van der Waals surface area contributed by atoms with Crippen LogP contribution in [0.1, 0.15) is 27.0 Å². The molecule has 2 heterocycles. The molecule has 0 amide bonds. The lowest BCUT2D eigenvalue weighted by Gasteiger charge is -2.27. The summed E-state index contributed by atoms with van der Waals surface area (Å²) >= 11 is 0. The van der Waals surface area contributed by atoms with E-state index in [0.717, 1.165) is 5.56 Å². The topological polar surface area (TPSA) is 50.3 Å². The van der Waals surface area contributed by atoms with Crippen molar-refractivity contribution in [1.29, 1.82) is 0 Å². The van der Waals surface area contributed by atoms with Crippen LogP contribution in [0.3, 0.4) is 0 Å². The Morgan fingerprint density at radius 2 is 1.93 bits per heavy atom. The Morgan fingerprint density at radius 3 is 2.70 bits per heavy atom. The minimum absolute atomic E-state index is 0.109. The summed E-state index contributed by atoms with van der Waals surface area (Å²) in [4.78, 5) is 17.2. The number of aromatic nitrogens is 1. The molecule has 2 aromatic carbocycles. The molecule has 1 unspecified atom stereocenters.